The molecule has 0 unspecified atom stereocenters. The van der Waals surface area contributed by atoms with Gasteiger partial charge in [-0.2, -0.15) is 126 Å². The van der Waals surface area contributed by atoms with Crippen LogP contribution in [0.3, 0.4) is 0 Å². The van der Waals surface area contributed by atoms with Crippen molar-refractivity contribution in [2.45, 2.75) is 167 Å². The summed E-state index contributed by atoms with van der Waals surface area (Å²) in [6.45, 7) is 23.2. The van der Waals surface area contributed by atoms with Gasteiger partial charge in [-0.15, -0.1) is 0 Å². The molecule has 0 bridgehead atoms. The van der Waals surface area contributed by atoms with Gasteiger partial charge in [0.05, 0.1) is 11.9 Å². The minimum Gasteiger partial charge on any atom is -0.304 e. The lowest BCUT2D eigenvalue weighted by Gasteiger charge is -2.32. The molecule has 620 valence electrons. The first-order chi connectivity index (χ1) is 50.0. The number of benzene rings is 2. The Morgan fingerprint density at radius 3 is 0.845 bits per heavy atom. The van der Waals surface area contributed by atoms with Crippen LogP contribution < -0.4 is 0 Å². The van der Waals surface area contributed by atoms with E-state index in [1.165, 1.54) is 54.8 Å². The molecule has 1 aliphatic rings. The van der Waals surface area contributed by atoms with Crippen molar-refractivity contribution >= 4 is 0 Å². The zero-order valence-corrected chi connectivity index (χ0v) is 63.6. The smallest absolute Gasteiger partial charge is 0.304 e. The summed E-state index contributed by atoms with van der Waals surface area (Å²) in [7, 11) is 2.19. The van der Waals surface area contributed by atoms with Gasteiger partial charge in [0.1, 0.15) is 12.2 Å². The van der Waals surface area contributed by atoms with Gasteiger partial charge >= 0.3 is 49.4 Å². The maximum Gasteiger partial charge on any atom is 0.386 e. The van der Waals surface area contributed by atoms with E-state index < -0.39 is 49.4 Å². The number of rotatable bonds is 2. The van der Waals surface area contributed by atoms with Crippen LogP contribution in [0.2, 0.25) is 0 Å². The monoisotopic (exact) mass is 1610 g/mol. The molecule has 7 aromatic heterocycles. The summed E-state index contributed by atoms with van der Waals surface area (Å²) in [5.41, 5.74) is 9.50. The van der Waals surface area contributed by atoms with Crippen molar-refractivity contribution in [3.8, 4) is 0 Å². The summed E-state index contributed by atoms with van der Waals surface area (Å²) in [5, 5.41) is 14.6. The van der Waals surface area contributed by atoms with Crippen LogP contribution in [0.25, 0.3) is 0 Å². The van der Waals surface area contributed by atoms with E-state index in [1.54, 1.807) is 74.2 Å². The molecule has 110 heavy (non-hydrogen) atoms. The van der Waals surface area contributed by atoms with E-state index in [-0.39, 0.29) is 55.4 Å². The van der Waals surface area contributed by atoms with Crippen molar-refractivity contribution in [1.82, 2.24) is 65.1 Å². The van der Waals surface area contributed by atoms with Crippen molar-refractivity contribution in [1.29, 1.82) is 0 Å². The van der Waals surface area contributed by atoms with Gasteiger partial charge < -0.3 is 4.90 Å². The van der Waals surface area contributed by atoms with E-state index in [2.05, 4.69) is 122 Å². The quantitative estimate of drug-likeness (QED) is 0.151. The fraction of sp³-hybridized carbons (Fsp3) is 0.411. The Labute approximate surface area is 627 Å². The van der Waals surface area contributed by atoms with Gasteiger partial charge in [-0.3, -0.25) is 19.9 Å². The number of hydrogen-bond donors (Lipinski definition) is 0. The van der Waals surface area contributed by atoms with E-state index >= 15 is 0 Å². The van der Waals surface area contributed by atoms with Crippen molar-refractivity contribution in [3.63, 3.8) is 0 Å². The number of pyridine rings is 3. The lowest BCUT2D eigenvalue weighted by atomic mass is 10.2. The van der Waals surface area contributed by atoms with Crippen LogP contribution in [0.5, 0.6) is 0 Å². The molecule has 0 radical (unpaired) electrons. The van der Waals surface area contributed by atoms with E-state index in [9.17, 15) is 105 Å². The molecule has 13 nitrogen and oxygen atoms in total. The summed E-state index contributed by atoms with van der Waals surface area (Å²) < 4.78 is 248. The van der Waals surface area contributed by atoms with Gasteiger partial charge in [0.2, 0.25) is 0 Å². The van der Waals surface area contributed by atoms with Crippen LogP contribution in [0.1, 0.15) is 106 Å². The lowest BCUT2D eigenvalue weighted by Crippen LogP contribution is -2.43. The molecule has 1 saturated heterocycles. The average Bonchev–Trinajstić information content (AvgIpc) is 0.897. The predicted molar refractivity (Wildman–Crippen MR) is 378 cm³/mol. The van der Waals surface area contributed by atoms with E-state index in [0.717, 1.165) is 34.9 Å². The van der Waals surface area contributed by atoms with Gasteiger partial charge in [0.25, 0.3) is 0 Å². The molecule has 37 heteroatoms. The Bertz CT molecular complexity index is 2720. The number of hydrogen-bond acceptors (Lipinski definition) is 13. The zero-order chi connectivity index (χ0) is 86.7. The van der Waals surface area contributed by atoms with Crippen LogP contribution >= 0.6 is 0 Å². The molecule has 9 aromatic rings. The Morgan fingerprint density at radius 2 is 0.627 bits per heavy atom. The number of halogens is 24. The highest BCUT2D eigenvalue weighted by molar-refractivity contribution is 5.15. The summed E-state index contributed by atoms with van der Waals surface area (Å²) in [6, 6.07) is 42.2. The first-order valence-corrected chi connectivity index (χ1v) is 31.5. The molecule has 0 saturated carbocycles. The van der Waals surface area contributed by atoms with Crippen LogP contribution in [-0.2, 0) is 6.54 Å². The number of nitrogens with zero attached hydrogens (tertiary/aromatic N) is 13. The van der Waals surface area contributed by atoms with Gasteiger partial charge in [0, 0.05) is 162 Å². The summed E-state index contributed by atoms with van der Waals surface area (Å²) in [5.74, 6) is 0.822. The third-order valence-electron chi connectivity index (χ3n) is 9.08. The van der Waals surface area contributed by atoms with Gasteiger partial charge in [-0.25, -0.2) is 19.9 Å². The van der Waals surface area contributed by atoms with Crippen molar-refractivity contribution < 1.29 is 105 Å². The number of piperazine rings is 1. The number of aryl methyl sites for hydroxylation is 8. The van der Waals surface area contributed by atoms with E-state index in [1.807, 2.05) is 134 Å². The first kappa shape index (κ1) is 114. The predicted octanol–water partition coefficient (Wildman–Crippen LogP) is 23.3. The van der Waals surface area contributed by atoms with Crippen molar-refractivity contribution in [2.75, 3.05) is 33.2 Å². The molecule has 0 aliphatic carbocycles. The summed E-state index contributed by atoms with van der Waals surface area (Å²) in [4.78, 5) is 31.9. The minimum atomic E-state index is -4.00. The second-order valence-electron chi connectivity index (χ2n) is 22.0. The maximum absolute atomic E-state index is 10.4. The van der Waals surface area contributed by atoms with E-state index in [4.69, 9.17) is 0 Å². The molecule has 2 aromatic carbocycles. The highest BCUT2D eigenvalue weighted by Crippen LogP contribution is 2.15. The largest absolute Gasteiger partial charge is 0.386 e. The molecule has 0 spiro atoms. The molecule has 0 amide bonds. The van der Waals surface area contributed by atoms with Gasteiger partial charge in [-0.05, 0) is 145 Å². The standard InChI is InChI=1S/C12H18N2.C7H8.3C6H7N.4C5H6N2.8C2H3F3/c1-13-7-9-14(10-8-13)11-12-5-3-2-4-6-12;1-7-5-3-2-4-6-7;1-6-2-4-7-5-3-6;1-6-3-2-4-7-5-6;1-6-4-2-3-5-7-6;1-5-2-6-4-7-3-5;1-5-2-3-6-7-4-5;1-5-6-3-2-4-7-5;1-5-3-2-4-6-7-5;8*1-2(3,4)5/h2-6H,7-11H2,1H3;2-6H,1H3;3*2-5H,1H3;4*2-4H,1H3;8*1H3. The van der Waals surface area contributed by atoms with Crippen LogP contribution in [-0.4, -0.2) is 148 Å². The van der Waals surface area contributed by atoms with Crippen LogP contribution in [0.4, 0.5) is 105 Å². The Kier molecular flexibility index (Phi) is 67.6. The SMILES string of the molecule is CC(F)(F)F.CC(F)(F)F.CC(F)(F)F.CC(F)(F)F.CC(F)(F)F.CC(F)(F)F.CC(F)(F)F.CC(F)(F)F.CN1CCN(Cc2ccccc2)CC1.Cc1ccccc1.Cc1ccccn1.Cc1cccnc1.Cc1cccnn1.Cc1ccncc1.Cc1ccnnc1.Cc1cncnc1.Cc1ncccn1. The molecular weight excluding hydrogens is 1510 g/mol. The second-order valence-corrected chi connectivity index (χ2v) is 22.0. The van der Waals surface area contributed by atoms with Crippen LogP contribution in [0.15, 0.2) is 208 Å². The van der Waals surface area contributed by atoms with Gasteiger partial charge in [-0.1, -0.05) is 78.4 Å². The highest BCUT2D eigenvalue weighted by Gasteiger charge is 2.19. The van der Waals surface area contributed by atoms with Gasteiger partial charge in [0.15, 0.2) is 0 Å². The first-order valence-electron chi connectivity index (χ1n) is 31.5. The number of likely N-dealkylation sites (N-methyl/N-ethyl adjacent to an activating group) is 1. The van der Waals surface area contributed by atoms with E-state index in [0.29, 0.717) is 0 Å². The summed E-state index contributed by atoms with van der Waals surface area (Å²) >= 11 is 0. The third kappa shape index (κ3) is 160. The zero-order valence-electron chi connectivity index (χ0n) is 63.6. The molecule has 8 heterocycles. The Balaban J connectivity index is -0.000000207. The molecule has 0 N–H and O–H groups in total. The maximum atomic E-state index is 10.4. The van der Waals surface area contributed by atoms with Crippen molar-refractivity contribution in [3.05, 3.63) is 259 Å². The fourth-order valence-corrected chi connectivity index (χ4v) is 5.19. The lowest BCUT2D eigenvalue weighted by molar-refractivity contribution is -0.111. The second kappa shape index (κ2) is 65.3. The molecule has 10 rings (SSSR count). The normalized spacial score (nSPS) is 11.3. The average molecular weight is 1610 g/mol. The fourth-order valence-electron chi connectivity index (χ4n) is 5.19. The van der Waals surface area contributed by atoms with Crippen molar-refractivity contribution in [2.24, 2.45) is 0 Å². The highest BCUT2D eigenvalue weighted by atomic mass is 19.4. The van der Waals surface area contributed by atoms with Crippen LogP contribution in [0, 0.1) is 55.4 Å². The molecule has 1 fully saturated rings. The minimum absolute atomic E-state index is 0.188. The Hall–Kier alpha value is -9.55. The third-order valence-corrected chi connectivity index (χ3v) is 9.08. The Morgan fingerprint density at radius 1 is 0.282 bits per heavy atom. The number of aromatic nitrogens is 11. The summed E-state index contributed by atoms with van der Waals surface area (Å²) in [6.07, 6.45) is -9.47. The molecule has 0 atom stereocenters. The topological polar surface area (TPSA) is 148 Å². The molecular formula is C73H95F24N13. The molecule has 1 aliphatic heterocycles. The number of alkyl halides is 24.